The molecule has 1 atom stereocenters. The van der Waals surface area contributed by atoms with Crippen LogP contribution in [0.1, 0.15) is 26.2 Å². The minimum Gasteiger partial charge on any atom is -0.376 e. The zero-order chi connectivity index (χ0) is 15.2. The largest absolute Gasteiger partial charge is 0.376 e. The molecule has 0 radical (unpaired) electrons. The van der Waals surface area contributed by atoms with E-state index in [1.807, 2.05) is 6.92 Å². The predicted octanol–water partition coefficient (Wildman–Crippen LogP) is 1.82. The molecule has 0 saturated carbocycles. The molecule has 8 heteroatoms. The van der Waals surface area contributed by atoms with Crippen molar-refractivity contribution in [3.05, 3.63) is 16.4 Å². The van der Waals surface area contributed by atoms with E-state index < -0.39 is 4.92 Å². The van der Waals surface area contributed by atoms with E-state index in [9.17, 15) is 10.1 Å². The Labute approximate surface area is 123 Å². The summed E-state index contributed by atoms with van der Waals surface area (Å²) >= 11 is 0. The zero-order valence-corrected chi connectivity index (χ0v) is 12.4. The van der Waals surface area contributed by atoms with Gasteiger partial charge in [-0.15, -0.1) is 0 Å². The van der Waals surface area contributed by atoms with E-state index in [1.165, 1.54) is 6.33 Å². The number of rotatable bonds is 6. The van der Waals surface area contributed by atoms with Gasteiger partial charge in [-0.25, -0.2) is 9.97 Å². The van der Waals surface area contributed by atoms with E-state index >= 15 is 0 Å². The second-order valence-corrected chi connectivity index (χ2v) is 5.05. The van der Waals surface area contributed by atoms with Crippen LogP contribution in [0, 0.1) is 10.1 Å². The van der Waals surface area contributed by atoms with E-state index in [2.05, 4.69) is 15.3 Å². The van der Waals surface area contributed by atoms with Crippen LogP contribution in [-0.2, 0) is 4.74 Å². The van der Waals surface area contributed by atoms with Crippen molar-refractivity contribution in [1.29, 1.82) is 0 Å². The van der Waals surface area contributed by atoms with Crippen molar-refractivity contribution < 1.29 is 9.66 Å². The summed E-state index contributed by atoms with van der Waals surface area (Å²) in [5.41, 5.74) is -0.0855. The van der Waals surface area contributed by atoms with Gasteiger partial charge in [-0.3, -0.25) is 10.1 Å². The normalized spacial score (nSPS) is 18.3. The number of likely N-dealkylation sites (N-methyl/N-ethyl adjacent to an activating group) is 1. The fraction of sp³-hybridized carbons (Fsp3) is 0.692. The minimum atomic E-state index is -0.439. The van der Waals surface area contributed by atoms with Gasteiger partial charge in [-0.05, 0) is 26.2 Å². The molecule has 8 nitrogen and oxygen atoms in total. The van der Waals surface area contributed by atoms with Crippen LogP contribution in [0.2, 0.25) is 0 Å². The van der Waals surface area contributed by atoms with E-state index in [-0.39, 0.29) is 17.6 Å². The lowest BCUT2D eigenvalue weighted by Crippen LogP contribution is -2.34. The van der Waals surface area contributed by atoms with Crippen molar-refractivity contribution in [3.63, 3.8) is 0 Å². The van der Waals surface area contributed by atoms with Gasteiger partial charge in [0.25, 0.3) is 0 Å². The Morgan fingerprint density at radius 2 is 2.33 bits per heavy atom. The number of nitrogens with one attached hydrogen (secondary N) is 1. The molecular formula is C13H21N5O3. The summed E-state index contributed by atoms with van der Waals surface area (Å²) in [6.07, 6.45) is 4.63. The molecule has 2 heterocycles. The van der Waals surface area contributed by atoms with Crippen molar-refractivity contribution in [1.82, 2.24) is 9.97 Å². The summed E-state index contributed by atoms with van der Waals surface area (Å²) in [6.45, 7) is 3.77. The molecule has 1 fully saturated rings. The molecule has 0 amide bonds. The topological polar surface area (TPSA) is 93.4 Å². The summed E-state index contributed by atoms with van der Waals surface area (Å²) in [5.74, 6) is 0.573. The Morgan fingerprint density at radius 1 is 1.52 bits per heavy atom. The van der Waals surface area contributed by atoms with Gasteiger partial charge in [0, 0.05) is 26.7 Å². The Bertz CT molecular complexity index is 491. The Kier molecular flexibility index (Phi) is 5.26. The first-order valence-corrected chi connectivity index (χ1v) is 7.19. The summed E-state index contributed by atoms with van der Waals surface area (Å²) < 4.78 is 5.68. The molecule has 0 bridgehead atoms. The van der Waals surface area contributed by atoms with Crippen LogP contribution in [0.3, 0.4) is 0 Å². The Balaban J connectivity index is 2.20. The monoisotopic (exact) mass is 295 g/mol. The Hall–Kier alpha value is -1.96. The maximum Gasteiger partial charge on any atom is 0.353 e. The maximum absolute atomic E-state index is 11.3. The van der Waals surface area contributed by atoms with Gasteiger partial charge >= 0.3 is 5.69 Å². The van der Waals surface area contributed by atoms with Gasteiger partial charge in [0.2, 0.25) is 11.6 Å². The standard InChI is InChI=1S/C13H21N5O3/c1-3-14-12-11(18(19)20)13(16-9-15-12)17(2)8-10-6-4-5-7-21-10/h9-10H,3-8H2,1-2H3,(H,14,15,16). The second kappa shape index (κ2) is 7.16. The molecule has 0 aromatic carbocycles. The van der Waals surface area contributed by atoms with Crippen molar-refractivity contribution in [2.45, 2.75) is 32.3 Å². The van der Waals surface area contributed by atoms with Crippen LogP contribution in [0.4, 0.5) is 17.3 Å². The molecule has 0 spiro atoms. The third-order valence-electron chi connectivity index (χ3n) is 3.44. The molecule has 1 saturated heterocycles. The first-order chi connectivity index (χ1) is 10.1. The first-order valence-electron chi connectivity index (χ1n) is 7.19. The fourth-order valence-electron chi connectivity index (χ4n) is 2.46. The summed E-state index contributed by atoms with van der Waals surface area (Å²) in [6, 6.07) is 0. The molecule has 1 aliphatic heterocycles. The summed E-state index contributed by atoms with van der Waals surface area (Å²) in [7, 11) is 1.79. The quantitative estimate of drug-likeness (QED) is 0.632. The van der Waals surface area contributed by atoms with Crippen LogP contribution in [-0.4, -0.2) is 47.7 Å². The van der Waals surface area contributed by atoms with Crippen molar-refractivity contribution in [2.24, 2.45) is 0 Å². The van der Waals surface area contributed by atoms with E-state index in [1.54, 1.807) is 11.9 Å². The molecule has 116 valence electrons. The average Bonchev–Trinajstić information content (AvgIpc) is 2.48. The highest BCUT2D eigenvalue weighted by Crippen LogP contribution is 2.31. The molecule has 1 N–H and O–H groups in total. The molecule has 1 aromatic rings. The molecular weight excluding hydrogens is 274 g/mol. The van der Waals surface area contributed by atoms with Crippen LogP contribution < -0.4 is 10.2 Å². The molecule has 1 aromatic heterocycles. The van der Waals surface area contributed by atoms with Gasteiger partial charge in [-0.2, -0.15) is 0 Å². The molecule has 2 rings (SSSR count). The predicted molar refractivity (Wildman–Crippen MR) is 79.7 cm³/mol. The smallest absolute Gasteiger partial charge is 0.353 e. The number of hydrogen-bond donors (Lipinski definition) is 1. The number of nitro groups is 1. The number of anilines is 2. The van der Waals surface area contributed by atoms with Crippen molar-refractivity contribution in [2.75, 3.05) is 37.0 Å². The molecule has 21 heavy (non-hydrogen) atoms. The Morgan fingerprint density at radius 3 is 2.95 bits per heavy atom. The third kappa shape index (κ3) is 3.78. The lowest BCUT2D eigenvalue weighted by Gasteiger charge is -2.27. The second-order valence-electron chi connectivity index (χ2n) is 5.05. The molecule has 1 unspecified atom stereocenters. The lowest BCUT2D eigenvalue weighted by atomic mass is 10.1. The van der Waals surface area contributed by atoms with Gasteiger partial charge in [0.15, 0.2) is 0 Å². The highest BCUT2D eigenvalue weighted by molar-refractivity contribution is 5.70. The SMILES string of the molecule is CCNc1ncnc(N(C)CC2CCCCO2)c1[N+](=O)[O-]. The van der Waals surface area contributed by atoms with Crippen LogP contribution in [0.5, 0.6) is 0 Å². The fourth-order valence-corrected chi connectivity index (χ4v) is 2.46. The van der Waals surface area contributed by atoms with Crippen LogP contribution >= 0.6 is 0 Å². The van der Waals surface area contributed by atoms with Crippen molar-refractivity contribution >= 4 is 17.3 Å². The number of aromatic nitrogens is 2. The minimum absolute atomic E-state index is 0.0855. The number of nitrogens with zero attached hydrogens (tertiary/aromatic N) is 4. The zero-order valence-electron chi connectivity index (χ0n) is 12.4. The van der Waals surface area contributed by atoms with Gasteiger partial charge < -0.3 is 15.0 Å². The highest BCUT2D eigenvalue weighted by Gasteiger charge is 2.27. The van der Waals surface area contributed by atoms with E-state index in [4.69, 9.17) is 4.74 Å². The maximum atomic E-state index is 11.3. The third-order valence-corrected chi connectivity index (χ3v) is 3.44. The first kappa shape index (κ1) is 15.4. The van der Waals surface area contributed by atoms with E-state index in [0.717, 1.165) is 25.9 Å². The van der Waals surface area contributed by atoms with Crippen LogP contribution in [0.15, 0.2) is 6.33 Å². The summed E-state index contributed by atoms with van der Waals surface area (Å²) in [5, 5.41) is 14.2. The highest BCUT2D eigenvalue weighted by atomic mass is 16.6. The van der Waals surface area contributed by atoms with Gasteiger partial charge in [-0.1, -0.05) is 0 Å². The number of hydrogen-bond acceptors (Lipinski definition) is 7. The number of ether oxygens (including phenoxy) is 1. The van der Waals surface area contributed by atoms with Gasteiger partial charge in [0.1, 0.15) is 6.33 Å². The lowest BCUT2D eigenvalue weighted by molar-refractivity contribution is -0.383. The van der Waals surface area contributed by atoms with Crippen molar-refractivity contribution in [3.8, 4) is 0 Å². The molecule has 0 aliphatic carbocycles. The van der Waals surface area contributed by atoms with Gasteiger partial charge in [0.05, 0.1) is 11.0 Å². The summed E-state index contributed by atoms with van der Waals surface area (Å²) in [4.78, 5) is 20.7. The van der Waals surface area contributed by atoms with E-state index in [0.29, 0.717) is 18.9 Å². The van der Waals surface area contributed by atoms with Crippen LogP contribution in [0.25, 0.3) is 0 Å². The molecule has 1 aliphatic rings. The average molecular weight is 295 g/mol.